The molecule has 100 valence electrons. The van der Waals surface area contributed by atoms with Crippen molar-refractivity contribution in [3.05, 3.63) is 23.4 Å². The number of anilines is 1. The first kappa shape index (κ1) is 13.3. The molecule has 1 aromatic rings. The standard InChI is InChI=1S/C15H25N3/c1-11(2)13-6-8-18(9-7-13)15-14(10-16)5-4-12(3)17-15/h4-5,11,13H,6-10,16H2,1-3H3. The summed E-state index contributed by atoms with van der Waals surface area (Å²) in [6.07, 6.45) is 2.55. The van der Waals surface area contributed by atoms with Gasteiger partial charge in [0.25, 0.3) is 0 Å². The van der Waals surface area contributed by atoms with Gasteiger partial charge in [-0.25, -0.2) is 4.98 Å². The van der Waals surface area contributed by atoms with Crippen LogP contribution in [0.5, 0.6) is 0 Å². The number of pyridine rings is 1. The van der Waals surface area contributed by atoms with Crippen LogP contribution in [0.1, 0.15) is 37.9 Å². The Balaban J connectivity index is 2.11. The Morgan fingerprint density at radius 2 is 2.00 bits per heavy atom. The second-order valence-electron chi connectivity index (χ2n) is 5.71. The van der Waals surface area contributed by atoms with Crippen LogP contribution in [-0.2, 0) is 6.54 Å². The molecule has 0 bridgehead atoms. The molecular formula is C15H25N3. The minimum Gasteiger partial charge on any atom is -0.356 e. The maximum Gasteiger partial charge on any atom is 0.133 e. The normalized spacial score (nSPS) is 17.5. The Morgan fingerprint density at radius 1 is 1.33 bits per heavy atom. The third kappa shape index (κ3) is 2.83. The molecule has 1 saturated heterocycles. The van der Waals surface area contributed by atoms with Crippen molar-refractivity contribution in [1.29, 1.82) is 0 Å². The van der Waals surface area contributed by atoms with Crippen LogP contribution in [0.3, 0.4) is 0 Å². The summed E-state index contributed by atoms with van der Waals surface area (Å²) < 4.78 is 0. The fourth-order valence-corrected chi connectivity index (χ4v) is 2.78. The second kappa shape index (κ2) is 5.70. The van der Waals surface area contributed by atoms with Gasteiger partial charge in [0.15, 0.2) is 0 Å². The van der Waals surface area contributed by atoms with Crippen LogP contribution in [0.15, 0.2) is 12.1 Å². The zero-order valence-electron chi connectivity index (χ0n) is 11.8. The van der Waals surface area contributed by atoms with Gasteiger partial charge >= 0.3 is 0 Å². The van der Waals surface area contributed by atoms with Crippen molar-refractivity contribution in [1.82, 2.24) is 4.98 Å². The summed E-state index contributed by atoms with van der Waals surface area (Å²) >= 11 is 0. The van der Waals surface area contributed by atoms with Crippen molar-refractivity contribution < 1.29 is 0 Å². The van der Waals surface area contributed by atoms with Gasteiger partial charge in [-0.05, 0) is 37.7 Å². The molecular weight excluding hydrogens is 222 g/mol. The van der Waals surface area contributed by atoms with Crippen molar-refractivity contribution in [3.8, 4) is 0 Å². The van der Waals surface area contributed by atoms with Gasteiger partial charge in [-0.1, -0.05) is 19.9 Å². The minimum atomic E-state index is 0.576. The van der Waals surface area contributed by atoms with Crippen LogP contribution in [0, 0.1) is 18.8 Å². The first-order valence-corrected chi connectivity index (χ1v) is 7.03. The van der Waals surface area contributed by atoms with Gasteiger partial charge < -0.3 is 10.6 Å². The van der Waals surface area contributed by atoms with E-state index in [1.807, 2.05) is 13.0 Å². The summed E-state index contributed by atoms with van der Waals surface area (Å²) in [7, 11) is 0. The molecule has 2 heterocycles. The Labute approximate surface area is 110 Å². The van der Waals surface area contributed by atoms with Crippen molar-refractivity contribution in [2.45, 2.75) is 40.2 Å². The molecule has 0 unspecified atom stereocenters. The van der Waals surface area contributed by atoms with Gasteiger partial charge in [0.1, 0.15) is 5.82 Å². The molecule has 0 radical (unpaired) electrons. The van der Waals surface area contributed by atoms with E-state index in [1.54, 1.807) is 0 Å². The molecule has 18 heavy (non-hydrogen) atoms. The summed E-state index contributed by atoms with van der Waals surface area (Å²) in [5.74, 6) is 2.78. The van der Waals surface area contributed by atoms with Crippen LogP contribution in [-0.4, -0.2) is 18.1 Å². The van der Waals surface area contributed by atoms with E-state index in [0.717, 1.165) is 36.4 Å². The summed E-state index contributed by atoms with van der Waals surface area (Å²) in [5.41, 5.74) is 8.06. The number of piperidine rings is 1. The van der Waals surface area contributed by atoms with E-state index in [2.05, 4.69) is 29.8 Å². The van der Waals surface area contributed by atoms with E-state index in [9.17, 15) is 0 Å². The van der Waals surface area contributed by atoms with Crippen LogP contribution >= 0.6 is 0 Å². The highest BCUT2D eigenvalue weighted by Crippen LogP contribution is 2.28. The number of nitrogens with zero attached hydrogens (tertiary/aromatic N) is 2. The maximum atomic E-state index is 5.82. The van der Waals surface area contributed by atoms with E-state index in [-0.39, 0.29) is 0 Å². The molecule has 1 aliphatic rings. The number of hydrogen-bond acceptors (Lipinski definition) is 3. The third-order valence-corrected chi connectivity index (χ3v) is 4.10. The Kier molecular flexibility index (Phi) is 4.23. The molecule has 2 N–H and O–H groups in total. The van der Waals surface area contributed by atoms with Crippen LogP contribution in [0.4, 0.5) is 5.82 Å². The summed E-state index contributed by atoms with van der Waals surface area (Å²) in [5, 5.41) is 0. The molecule has 0 aliphatic carbocycles. The highest BCUT2D eigenvalue weighted by atomic mass is 15.2. The maximum absolute atomic E-state index is 5.82. The monoisotopic (exact) mass is 247 g/mol. The van der Waals surface area contributed by atoms with Crippen molar-refractivity contribution in [2.75, 3.05) is 18.0 Å². The van der Waals surface area contributed by atoms with Gasteiger partial charge in [0.2, 0.25) is 0 Å². The molecule has 3 nitrogen and oxygen atoms in total. The first-order valence-electron chi connectivity index (χ1n) is 7.03. The molecule has 1 aromatic heterocycles. The third-order valence-electron chi connectivity index (χ3n) is 4.10. The average molecular weight is 247 g/mol. The van der Waals surface area contributed by atoms with Gasteiger partial charge in [-0.3, -0.25) is 0 Å². The minimum absolute atomic E-state index is 0.576. The van der Waals surface area contributed by atoms with E-state index in [0.29, 0.717) is 6.54 Å². The van der Waals surface area contributed by atoms with Gasteiger partial charge in [0.05, 0.1) is 0 Å². The largest absolute Gasteiger partial charge is 0.356 e. The smallest absolute Gasteiger partial charge is 0.133 e. The van der Waals surface area contributed by atoms with Gasteiger partial charge in [-0.2, -0.15) is 0 Å². The van der Waals surface area contributed by atoms with E-state index >= 15 is 0 Å². The lowest BCUT2D eigenvalue weighted by Crippen LogP contribution is -2.36. The van der Waals surface area contributed by atoms with E-state index in [4.69, 9.17) is 5.73 Å². The zero-order chi connectivity index (χ0) is 13.1. The molecule has 2 rings (SSSR count). The lowest BCUT2D eigenvalue weighted by atomic mass is 9.86. The predicted molar refractivity (Wildman–Crippen MR) is 76.6 cm³/mol. The number of nitrogens with two attached hydrogens (primary N) is 1. The van der Waals surface area contributed by atoms with Crippen LogP contribution in [0.2, 0.25) is 0 Å². The molecule has 1 fully saturated rings. The Morgan fingerprint density at radius 3 is 2.56 bits per heavy atom. The van der Waals surface area contributed by atoms with Crippen LogP contribution in [0.25, 0.3) is 0 Å². The van der Waals surface area contributed by atoms with E-state index < -0.39 is 0 Å². The molecule has 0 aromatic carbocycles. The van der Waals surface area contributed by atoms with E-state index in [1.165, 1.54) is 18.4 Å². The topological polar surface area (TPSA) is 42.1 Å². The van der Waals surface area contributed by atoms with Crippen molar-refractivity contribution in [3.63, 3.8) is 0 Å². The highest BCUT2D eigenvalue weighted by molar-refractivity contribution is 5.48. The Bertz CT molecular complexity index is 393. The molecule has 0 saturated carbocycles. The van der Waals surface area contributed by atoms with Crippen molar-refractivity contribution in [2.24, 2.45) is 17.6 Å². The fourth-order valence-electron chi connectivity index (χ4n) is 2.78. The second-order valence-corrected chi connectivity index (χ2v) is 5.71. The lowest BCUT2D eigenvalue weighted by molar-refractivity contribution is 0.310. The molecule has 0 spiro atoms. The quantitative estimate of drug-likeness (QED) is 0.893. The summed E-state index contributed by atoms with van der Waals surface area (Å²) in [6, 6.07) is 4.17. The lowest BCUT2D eigenvalue weighted by Gasteiger charge is -2.35. The number of aromatic nitrogens is 1. The summed E-state index contributed by atoms with van der Waals surface area (Å²) in [4.78, 5) is 7.09. The average Bonchev–Trinajstić information content (AvgIpc) is 2.39. The van der Waals surface area contributed by atoms with Crippen molar-refractivity contribution >= 4 is 5.82 Å². The molecule has 1 aliphatic heterocycles. The van der Waals surface area contributed by atoms with Gasteiger partial charge in [0, 0.05) is 30.9 Å². The number of rotatable bonds is 3. The van der Waals surface area contributed by atoms with Crippen LogP contribution < -0.4 is 10.6 Å². The number of hydrogen-bond donors (Lipinski definition) is 1. The number of aryl methyl sites for hydroxylation is 1. The molecule has 0 atom stereocenters. The summed E-state index contributed by atoms with van der Waals surface area (Å²) in [6.45, 7) is 9.52. The fraction of sp³-hybridized carbons (Fsp3) is 0.667. The molecule has 3 heteroatoms. The zero-order valence-corrected chi connectivity index (χ0v) is 11.8. The predicted octanol–water partition coefficient (Wildman–Crippen LogP) is 2.72. The SMILES string of the molecule is Cc1ccc(CN)c(N2CCC(C(C)C)CC2)n1. The highest BCUT2D eigenvalue weighted by Gasteiger charge is 2.23. The Hall–Kier alpha value is -1.09. The molecule has 0 amide bonds. The first-order chi connectivity index (χ1) is 8.61. The van der Waals surface area contributed by atoms with Gasteiger partial charge in [-0.15, -0.1) is 0 Å².